The van der Waals surface area contributed by atoms with Gasteiger partial charge in [0.25, 0.3) is 0 Å². The molecule has 0 saturated heterocycles. The molecule has 2 N–H and O–H groups in total. The molecule has 23 heavy (non-hydrogen) atoms. The van der Waals surface area contributed by atoms with E-state index in [4.69, 9.17) is 4.74 Å². The van der Waals surface area contributed by atoms with Crippen LogP contribution in [0.4, 0.5) is 5.69 Å². The van der Waals surface area contributed by atoms with Crippen molar-refractivity contribution in [2.24, 2.45) is 0 Å². The zero-order chi connectivity index (χ0) is 16.2. The highest BCUT2D eigenvalue weighted by molar-refractivity contribution is 5.81. The number of hydrogen-bond acceptors (Lipinski definition) is 3. The van der Waals surface area contributed by atoms with E-state index in [1.807, 2.05) is 36.4 Å². The van der Waals surface area contributed by atoms with E-state index in [0.29, 0.717) is 6.61 Å². The van der Waals surface area contributed by atoms with Gasteiger partial charge in [-0.1, -0.05) is 24.3 Å². The van der Waals surface area contributed by atoms with Crippen LogP contribution in [-0.4, -0.2) is 19.1 Å². The molecule has 1 atom stereocenters. The number of carbonyl (C=O) groups is 1. The average Bonchev–Trinajstić information content (AvgIpc) is 2.52. The summed E-state index contributed by atoms with van der Waals surface area (Å²) < 4.78 is 5.62. The summed E-state index contributed by atoms with van der Waals surface area (Å²) in [7, 11) is 0. The maximum Gasteiger partial charge on any atom is 0.239 e. The monoisotopic (exact) mass is 310 g/mol. The van der Waals surface area contributed by atoms with Gasteiger partial charge in [0.1, 0.15) is 5.75 Å². The fourth-order valence-electron chi connectivity index (χ4n) is 3.00. The smallest absolute Gasteiger partial charge is 0.239 e. The molecule has 120 valence electrons. The Morgan fingerprint density at radius 2 is 1.91 bits per heavy atom. The van der Waals surface area contributed by atoms with Crippen molar-refractivity contribution in [2.45, 2.75) is 26.3 Å². The maximum atomic E-state index is 12.2. The van der Waals surface area contributed by atoms with Crippen molar-refractivity contribution >= 4 is 11.6 Å². The molecule has 3 rings (SSSR count). The largest absolute Gasteiger partial charge is 0.493 e. The van der Waals surface area contributed by atoms with Crippen LogP contribution in [0.5, 0.6) is 5.75 Å². The summed E-state index contributed by atoms with van der Waals surface area (Å²) in [5.41, 5.74) is 4.40. The number of rotatable bonds is 4. The Balaban J connectivity index is 1.60. The quantitative estimate of drug-likeness (QED) is 0.910. The number of aryl methyl sites for hydroxylation is 2. The van der Waals surface area contributed by atoms with Crippen LogP contribution in [0.2, 0.25) is 0 Å². The Morgan fingerprint density at radius 3 is 2.70 bits per heavy atom. The fourth-order valence-corrected chi connectivity index (χ4v) is 3.00. The third kappa shape index (κ3) is 3.83. The molecule has 1 aliphatic heterocycles. The Morgan fingerprint density at radius 1 is 1.17 bits per heavy atom. The molecular weight excluding hydrogens is 288 g/mol. The minimum Gasteiger partial charge on any atom is -0.493 e. The van der Waals surface area contributed by atoms with Gasteiger partial charge in [-0.05, 0) is 43.2 Å². The first-order chi connectivity index (χ1) is 11.1. The highest BCUT2D eigenvalue weighted by Crippen LogP contribution is 2.31. The van der Waals surface area contributed by atoms with Crippen LogP contribution in [0.15, 0.2) is 42.5 Å². The van der Waals surface area contributed by atoms with Crippen molar-refractivity contribution in [3.63, 3.8) is 0 Å². The van der Waals surface area contributed by atoms with E-state index in [-0.39, 0.29) is 18.5 Å². The highest BCUT2D eigenvalue weighted by Gasteiger charge is 2.22. The van der Waals surface area contributed by atoms with Crippen molar-refractivity contribution < 1.29 is 9.53 Å². The molecule has 1 aliphatic rings. The van der Waals surface area contributed by atoms with E-state index in [1.54, 1.807) is 0 Å². The summed E-state index contributed by atoms with van der Waals surface area (Å²) in [5, 5.41) is 6.29. The van der Waals surface area contributed by atoms with E-state index in [2.05, 4.69) is 30.5 Å². The zero-order valence-electron chi connectivity index (χ0n) is 13.6. The number of amides is 1. The minimum absolute atomic E-state index is 0.00846. The average molecular weight is 310 g/mol. The van der Waals surface area contributed by atoms with Crippen molar-refractivity contribution in [3.05, 3.63) is 59.2 Å². The predicted octanol–water partition coefficient (Wildman–Crippen LogP) is 3.36. The van der Waals surface area contributed by atoms with Crippen LogP contribution in [0.3, 0.4) is 0 Å². The standard InChI is InChI=1S/C19H22N2O2/c1-13-9-14(2)11-15(10-13)20-12-19(22)21-17-7-8-23-18-6-4-3-5-16(17)18/h3-6,9-11,17,20H,7-8,12H2,1-2H3,(H,21,22). The molecule has 0 radical (unpaired) electrons. The van der Waals surface area contributed by atoms with Crippen molar-refractivity contribution in [2.75, 3.05) is 18.5 Å². The lowest BCUT2D eigenvalue weighted by atomic mass is 10.0. The Labute approximate surface area is 136 Å². The van der Waals surface area contributed by atoms with E-state index in [9.17, 15) is 4.79 Å². The number of ether oxygens (including phenoxy) is 1. The number of fused-ring (bicyclic) bond motifs is 1. The van der Waals surface area contributed by atoms with Crippen molar-refractivity contribution in [1.29, 1.82) is 0 Å². The molecule has 2 aromatic rings. The van der Waals surface area contributed by atoms with Gasteiger partial charge < -0.3 is 15.4 Å². The van der Waals surface area contributed by atoms with E-state index in [1.165, 1.54) is 11.1 Å². The molecule has 1 amide bonds. The lowest BCUT2D eigenvalue weighted by molar-refractivity contribution is -0.120. The first kappa shape index (κ1) is 15.4. The lowest BCUT2D eigenvalue weighted by Crippen LogP contribution is -2.35. The summed E-state index contributed by atoms with van der Waals surface area (Å²) in [6.45, 7) is 5.00. The summed E-state index contributed by atoms with van der Waals surface area (Å²) in [6.07, 6.45) is 0.798. The second kappa shape index (κ2) is 6.73. The van der Waals surface area contributed by atoms with Gasteiger partial charge in [-0.15, -0.1) is 0 Å². The van der Waals surface area contributed by atoms with Gasteiger partial charge in [0.15, 0.2) is 0 Å². The number of nitrogens with one attached hydrogen (secondary N) is 2. The molecule has 0 fully saturated rings. The first-order valence-corrected chi connectivity index (χ1v) is 7.95. The van der Waals surface area contributed by atoms with Crippen LogP contribution >= 0.6 is 0 Å². The predicted molar refractivity (Wildman–Crippen MR) is 91.8 cm³/mol. The third-order valence-corrected chi connectivity index (χ3v) is 3.97. The number of anilines is 1. The molecule has 2 aromatic carbocycles. The summed E-state index contributed by atoms with van der Waals surface area (Å²) >= 11 is 0. The summed E-state index contributed by atoms with van der Waals surface area (Å²) in [5.74, 6) is 0.859. The number of carbonyl (C=O) groups excluding carboxylic acids is 1. The van der Waals surface area contributed by atoms with Crippen LogP contribution in [0, 0.1) is 13.8 Å². The Bertz CT molecular complexity index is 692. The zero-order valence-corrected chi connectivity index (χ0v) is 13.6. The van der Waals surface area contributed by atoms with Crippen molar-refractivity contribution in [1.82, 2.24) is 5.32 Å². The van der Waals surface area contributed by atoms with Gasteiger partial charge in [-0.3, -0.25) is 4.79 Å². The van der Waals surface area contributed by atoms with E-state index < -0.39 is 0 Å². The Hall–Kier alpha value is -2.49. The maximum absolute atomic E-state index is 12.2. The molecule has 0 aromatic heterocycles. The molecule has 0 saturated carbocycles. The van der Waals surface area contributed by atoms with E-state index in [0.717, 1.165) is 23.4 Å². The molecule has 1 heterocycles. The van der Waals surface area contributed by atoms with Gasteiger partial charge in [0, 0.05) is 17.7 Å². The second-order valence-electron chi connectivity index (χ2n) is 6.03. The Kier molecular flexibility index (Phi) is 4.51. The third-order valence-electron chi connectivity index (χ3n) is 3.97. The topological polar surface area (TPSA) is 50.4 Å². The van der Waals surface area contributed by atoms with Gasteiger partial charge in [-0.2, -0.15) is 0 Å². The van der Waals surface area contributed by atoms with Crippen LogP contribution in [0.1, 0.15) is 29.2 Å². The number of para-hydroxylation sites is 1. The minimum atomic E-state index is -0.00846. The molecule has 1 unspecified atom stereocenters. The normalized spacial score (nSPS) is 16.2. The van der Waals surface area contributed by atoms with Crippen molar-refractivity contribution in [3.8, 4) is 5.75 Å². The fraction of sp³-hybridized carbons (Fsp3) is 0.316. The van der Waals surface area contributed by atoms with Gasteiger partial charge in [0.05, 0.1) is 19.2 Å². The summed E-state index contributed by atoms with van der Waals surface area (Å²) in [6, 6.07) is 14.1. The van der Waals surface area contributed by atoms with Gasteiger partial charge in [0.2, 0.25) is 5.91 Å². The lowest BCUT2D eigenvalue weighted by Gasteiger charge is -2.26. The summed E-state index contributed by atoms with van der Waals surface area (Å²) in [4.78, 5) is 12.2. The number of hydrogen-bond donors (Lipinski definition) is 2. The van der Waals surface area contributed by atoms with Crippen LogP contribution < -0.4 is 15.4 Å². The van der Waals surface area contributed by atoms with E-state index >= 15 is 0 Å². The first-order valence-electron chi connectivity index (χ1n) is 7.95. The second-order valence-corrected chi connectivity index (χ2v) is 6.03. The number of benzene rings is 2. The van der Waals surface area contributed by atoms with Crippen LogP contribution in [0.25, 0.3) is 0 Å². The van der Waals surface area contributed by atoms with Gasteiger partial charge in [-0.25, -0.2) is 0 Å². The van der Waals surface area contributed by atoms with Crippen LogP contribution in [-0.2, 0) is 4.79 Å². The molecular formula is C19H22N2O2. The molecule has 0 bridgehead atoms. The molecule has 0 spiro atoms. The molecule has 4 nitrogen and oxygen atoms in total. The molecule has 0 aliphatic carbocycles. The molecule has 4 heteroatoms. The SMILES string of the molecule is Cc1cc(C)cc(NCC(=O)NC2CCOc3ccccc32)c1. The highest BCUT2D eigenvalue weighted by atomic mass is 16.5. The van der Waals surface area contributed by atoms with Gasteiger partial charge >= 0.3 is 0 Å².